The van der Waals surface area contributed by atoms with Crippen molar-refractivity contribution in [2.75, 3.05) is 19.6 Å². The number of amides is 1. The highest BCUT2D eigenvalue weighted by molar-refractivity contribution is 5.91. The Bertz CT molecular complexity index is 431. The number of carbonyl (C=O) groups excluding carboxylic acids is 1. The topological polar surface area (TPSA) is 45.5 Å². The Balaban J connectivity index is 1.84. The van der Waals surface area contributed by atoms with Crippen molar-refractivity contribution in [2.45, 2.75) is 40.2 Å². The van der Waals surface area contributed by atoms with Crippen molar-refractivity contribution in [3.63, 3.8) is 0 Å². The molecule has 2 rings (SSSR count). The number of nitrogens with one attached hydrogen (secondary N) is 1. The molecule has 1 N–H and O–H groups in total. The quantitative estimate of drug-likeness (QED) is 0.900. The summed E-state index contributed by atoms with van der Waals surface area (Å²) in [5.74, 6) is 2.47. The van der Waals surface area contributed by atoms with Crippen molar-refractivity contribution < 1.29 is 9.21 Å². The van der Waals surface area contributed by atoms with E-state index < -0.39 is 0 Å². The van der Waals surface area contributed by atoms with Crippen molar-refractivity contribution in [1.29, 1.82) is 0 Å². The van der Waals surface area contributed by atoms with Crippen molar-refractivity contribution in [3.8, 4) is 0 Å². The highest BCUT2D eigenvalue weighted by atomic mass is 16.4. The third-order valence-corrected chi connectivity index (χ3v) is 3.81. The summed E-state index contributed by atoms with van der Waals surface area (Å²) < 4.78 is 5.65. The average Bonchev–Trinajstić information content (AvgIpc) is 2.87. The first-order chi connectivity index (χ1) is 9.54. The summed E-state index contributed by atoms with van der Waals surface area (Å²) in [6, 6.07) is 3.69. The van der Waals surface area contributed by atoms with E-state index in [2.05, 4.69) is 31.0 Å². The Labute approximate surface area is 121 Å². The molecule has 20 heavy (non-hydrogen) atoms. The third-order valence-electron chi connectivity index (χ3n) is 3.81. The first-order valence-electron chi connectivity index (χ1n) is 7.64. The maximum absolute atomic E-state index is 11.9. The van der Waals surface area contributed by atoms with Gasteiger partial charge in [0.1, 0.15) is 5.76 Å². The Morgan fingerprint density at radius 2 is 2.10 bits per heavy atom. The molecule has 0 spiro atoms. The zero-order valence-electron chi connectivity index (χ0n) is 12.8. The fraction of sp³-hybridized carbons (Fsp3) is 0.688. The van der Waals surface area contributed by atoms with Crippen molar-refractivity contribution >= 4 is 5.91 Å². The molecule has 1 aromatic heterocycles. The number of carbonyl (C=O) groups is 1. The van der Waals surface area contributed by atoms with Crippen LogP contribution in [0.4, 0.5) is 0 Å². The highest BCUT2D eigenvalue weighted by Crippen LogP contribution is 2.19. The van der Waals surface area contributed by atoms with Crippen LogP contribution in [-0.2, 0) is 6.54 Å². The lowest BCUT2D eigenvalue weighted by atomic mass is 9.99. The number of rotatable bonds is 5. The molecule has 1 saturated heterocycles. The highest BCUT2D eigenvalue weighted by Gasteiger charge is 2.18. The van der Waals surface area contributed by atoms with Gasteiger partial charge in [0, 0.05) is 6.54 Å². The number of piperidine rings is 1. The van der Waals surface area contributed by atoms with E-state index in [4.69, 9.17) is 4.42 Å². The molecule has 0 radical (unpaired) electrons. The Kier molecular flexibility index (Phi) is 5.24. The monoisotopic (exact) mass is 278 g/mol. The molecule has 4 heteroatoms. The van der Waals surface area contributed by atoms with Crippen LogP contribution in [0.15, 0.2) is 16.5 Å². The van der Waals surface area contributed by atoms with Crippen molar-refractivity contribution in [2.24, 2.45) is 11.8 Å². The lowest BCUT2D eigenvalue weighted by molar-refractivity contribution is 0.0916. The first-order valence-corrected chi connectivity index (χ1v) is 7.64. The van der Waals surface area contributed by atoms with E-state index in [0.29, 0.717) is 18.2 Å². The molecule has 1 fully saturated rings. The zero-order chi connectivity index (χ0) is 14.5. The lowest BCUT2D eigenvalue weighted by Gasteiger charge is -2.29. The molecular weight excluding hydrogens is 252 g/mol. The van der Waals surface area contributed by atoms with Gasteiger partial charge in [-0.05, 0) is 49.9 Å². The van der Waals surface area contributed by atoms with Crippen LogP contribution < -0.4 is 5.32 Å². The van der Waals surface area contributed by atoms with E-state index in [1.165, 1.54) is 12.8 Å². The summed E-state index contributed by atoms with van der Waals surface area (Å²) in [6.07, 6.45) is 2.50. The summed E-state index contributed by atoms with van der Waals surface area (Å²) in [5.41, 5.74) is 0. The predicted octanol–water partition coefficient (Wildman–Crippen LogP) is 2.90. The van der Waals surface area contributed by atoms with Crippen LogP contribution in [-0.4, -0.2) is 30.4 Å². The Hall–Kier alpha value is -1.29. The standard InChI is InChI=1S/C16H26N2O2/c1-12(2)10-17-16(19)15-5-4-14(20-15)11-18-8-6-13(3)7-9-18/h4-5,12-13H,6-11H2,1-3H3,(H,17,19). The summed E-state index contributed by atoms with van der Waals surface area (Å²) in [7, 11) is 0. The minimum atomic E-state index is -0.114. The minimum Gasteiger partial charge on any atom is -0.455 e. The second-order valence-corrected chi connectivity index (χ2v) is 6.33. The van der Waals surface area contributed by atoms with Gasteiger partial charge in [0.15, 0.2) is 5.76 Å². The molecule has 0 saturated carbocycles. The molecule has 0 unspecified atom stereocenters. The largest absolute Gasteiger partial charge is 0.455 e. The van der Waals surface area contributed by atoms with Gasteiger partial charge in [-0.3, -0.25) is 9.69 Å². The van der Waals surface area contributed by atoms with Gasteiger partial charge in [0.05, 0.1) is 6.54 Å². The van der Waals surface area contributed by atoms with E-state index in [9.17, 15) is 4.79 Å². The zero-order valence-corrected chi connectivity index (χ0v) is 12.8. The normalized spacial score (nSPS) is 17.6. The second-order valence-electron chi connectivity index (χ2n) is 6.33. The van der Waals surface area contributed by atoms with Gasteiger partial charge in [0.25, 0.3) is 5.91 Å². The van der Waals surface area contributed by atoms with E-state index in [1.54, 1.807) is 6.07 Å². The van der Waals surface area contributed by atoms with Gasteiger partial charge in [0.2, 0.25) is 0 Å². The van der Waals surface area contributed by atoms with Crippen molar-refractivity contribution in [3.05, 3.63) is 23.7 Å². The number of nitrogens with zero attached hydrogens (tertiary/aromatic N) is 1. The Morgan fingerprint density at radius 1 is 1.40 bits per heavy atom. The smallest absolute Gasteiger partial charge is 0.287 e. The van der Waals surface area contributed by atoms with E-state index in [0.717, 1.165) is 31.3 Å². The van der Waals surface area contributed by atoms with Crippen LogP contribution >= 0.6 is 0 Å². The fourth-order valence-corrected chi connectivity index (χ4v) is 2.41. The van der Waals surface area contributed by atoms with E-state index in [-0.39, 0.29) is 5.91 Å². The molecule has 0 aliphatic carbocycles. The maximum Gasteiger partial charge on any atom is 0.287 e. The van der Waals surface area contributed by atoms with Crippen LogP contribution in [0, 0.1) is 11.8 Å². The third kappa shape index (κ3) is 4.37. The number of furan rings is 1. The average molecular weight is 278 g/mol. The van der Waals surface area contributed by atoms with Gasteiger partial charge in [-0.1, -0.05) is 20.8 Å². The molecular formula is C16H26N2O2. The molecule has 1 aliphatic rings. The van der Waals surface area contributed by atoms with Gasteiger partial charge >= 0.3 is 0 Å². The summed E-state index contributed by atoms with van der Waals surface area (Å²) in [4.78, 5) is 14.3. The summed E-state index contributed by atoms with van der Waals surface area (Å²) in [5, 5.41) is 2.87. The van der Waals surface area contributed by atoms with E-state index >= 15 is 0 Å². The number of hydrogen-bond acceptors (Lipinski definition) is 3. The SMILES string of the molecule is CC(C)CNC(=O)c1ccc(CN2CCC(C)CC2)o1. The van der Waals surface area contributed by atoms with Crippen LogP contribution in [0.1, 0.15) is 49.9 Å². The molecule has 4 nitrogen and oxygen atoms in total. The molecule has 0 bridgehead atoms. The van der Waals surface area contributed by atoms with Gasteiger partial charge in [-0.2, -0.15) is 0 Å². The van der Waals surface area contributed by atoms with E-state index in [1.807, 2.05) is 6.07 Å². The molecule has 0 atom stereocenters. The van der Waals surface area contributed by atoms with Crippen LogP contribution in [0.5, 0.6) is 0 Å². The molecule has 0 aromatic carbocycles. The molecule has 2 heterocycles. The van der Waals surface area contributed by atoms with Crippen LogP contribution in [0.3, 0.4) is 0 Å². The first kappa shape index (κ1) is 15.1. The summed E-state index contributed by atoms with van der Waals surface area (Å²) in [6.45, 7) is 10.2. The van der Waals surface area contributed by atoms with Gasteiger partial charge in [-0.15, -0.1) is 0 Å². The molecule has 1 aliphatic heterocycles. The minimum absolute atomic E-state index is 0.114. The van der Waals surface area contributed by atoms with Crippen LogP contribution in [0.2, 0.25) is 0 Å². The van der Waals surface area contributed by atoms with Gasteiger partial charge < -0.3 is 9.73 Å². The Morgan fingerprint density at radius 3 is 2.75 bits per heavy atom. The summed E-state index contributed by atoms with van der Waals surface area (Å²) >= 11 is 0. The van der Waals surface area contributed by atoms with Crippen molar-refractivity contribution in [1.82, 2.24) is 10.2 Å². The molecule has 1 amide bonds. The second kappa shape index (κ2) is 6.93. The molecule has 112 valence electrons. The predicted molar refractivity (Wildman–Crippen MR) is 79.6 cm³/mol. The number of hydrogen-bond donors (Lipinski definition) is 1. The fourth-order valence-electron chi connectivity index (χ4n) is 2.41. The molecule has 1 aromatic rings. The number of likely N-dealkylation sites (tertiary alicyclic amines) is 1. The lowest BCUT2D eigenvalue weighted by Crippen LogP contribution is -2.32. The van der Waals surface area contributed by atoms with Gasteiger partial charge in [-0.25, -0.2) is 0 Å². The maximum atomic E-state index is 11.9. The van der Waals surface area contributed by atoms with Crippen LogP contribution in [0.25, 0.3) is 0 Å².